The zero-order valence-corrected chi connectivity index (χ0v) is 5.83. The van der Waals surface area contributed by atoms with Crippen molar-refractivity contribution in [2.75, 3.05) is 6.61 Å². The fraction of sp³-hybridized carbons (Fsp3) is 0.250. The molecule has 10 heavy (non-hydrogen) atoms. The van der Waals surface area contributed by atoms with E-state index in [4.69, 9.17) is 0 Å². The first-order chi connectivity index (χ1) is 4.70. The van der Waals surface area contributed by atoms with Crippen molar-refractivity contribution in [3.63, 3.8) is 0 Å². The summed E-state index contributed by atoms with van der Waals surface area (Å²) in [6, 6.07) is 0. The van der Waals surface area contributed by atoms with E-state index in [2.05, 4.69) is 19.6 Å². The van der Waals surface area contributed by atoms with E-state index >= 15 is 0 Å². The minimum absolute atomic E-state index is 0.0407. The first-order valence-electron chi connectivity index (χ1n) is 2.19. The summed E-state index contributed by atoms with van der Waals surface area (Å²) >= 11 is 0. The summed E-state index contributed by atoms with van der Waals surface area (Å²) in [6.45, 7) is -0.568. The van der Waals surface area contributed by atoms with Gasteiger partial charge in [-0.3, -0.25) is 4.79 Å². The van der Waals surface area contributed by atoms with Crippen LogP contribution in [0.5, 0.6) is 0 Å². The van der Waals surface area contributed by atoms with Crippen LogP contribution in [0.25, 0.3) is 0 Å². The molecule has 0 fully saturated rings. The summed E-state index contributed by atoms with van der Waals surface area (Å²) in [5, 5.41) is 0. The predicted octanol–water partition coefficient (Wildman–Crippen LogP) is -1.64. The highest BCUT2D eigenvalue weighted by Gasteiger charge is 2.03. The number of esters is 1. The second-order valence-corrected chi connectivity index (χ2v) is 1.40. The van der Waals surface area contributed by atoms with E-state index in [1.807, 2.05) is 0 Å². The third kappa shape index (κ3) is 3.78. The normalized spacial score (nSPS) is 8.10. The molecule has 0 bridgehead atoms. The van der Waals surface area contributed by atoms with Gasteiger partial charge in [0.15, 0.2) is 6.61 Å². The van der Waals surface area contributed by atoms with Crippen LogP contribution in [0, 0.1) is 0 Å². The molecule has 0 aliphatic carbocycles. The number of carbonyl (C=O) groups excluding carboxylic acids is 3. The molecule has 0 rings (SSSR count). The van der Waals surface area contributed by atoms with Gasteiger partial charge in [-0.05, 0) is 0 Å². The van der Waals surface area contributed by atoms with Gasteiger partial charge < -0.3 is 9.16 Å². The molecule has 0 aromatic heterocycles. The fourth-order valence-corrected chi connectivity index (χ4v) is 0.252. The Labute approximate surface area is 59.8 Å². The molecule has 0 saturated heterocycles. The molecule has 53 valence electrons. The van der Waals surface area contributed by atoms with Crippen molar-refractivity contribution in [2.24, 2.45) is 0 Å². The van der Waals surface area contributed by atoms with E-state index in [0.717, 1.165) is 0 Å². The van der Waals surface area contributed by atoms with Gasteiger partial charge in [-0.15, -0.1) is 0 Å². The number of aldehydes is 1. The van der Waals surface area contributed by atoms with Crippen LogP contribution in [0.3, 0.4) is 0 Å². The van der Waals surface area contributed by atoms with Gasteiger partial charge in [0.05, 0.1) is 0 Å². The Morgan fingerprint density at radius 2 is 2.10 bits per heavy atom. The summed E-state index contributed by atoms with van der Waals surface area (Å²) in [5.74, 6) is -1.89. The average Bonchev–Trinajstić information content (AvgIpc) is 1.99. The lowest BCUT2D eigenvalue weighted by Gasteiger charge is -1.96. The third-order valence-electron chi connectivity index (χ3n) is 0.542. The van der Waals surface area contributed by atoms with Crippen molar-refractivity contribution in [1.29, 1.82) is 0 Å². The van der Waals surface area contributed by atoms with E-state index < -0.39 is 18.5 Å². The minimum atomic E-state index is -1.10. The summed E-state index contributed by atoms with van der Waals surface area (Å²) in [6.07, 6.45) is -0.0407. The summed E-state index contributed by atoms with van der Waals surface area (Å²) in [7, 11) is 2.40. The fourth-order valence-electron chi connectivity index (χ4n) is 0.194. The van der Waals surface area contributed by atoms with Gasteiger partial charge in [0, 0.05) is 0 Å². The maximum absolute atomic E-state index is 10.2. The van der Waals surface area contributed by atoms with Crippen LogP contribution in [0.15, 0.2) is 0 Å². The van der Waals surface area contributed by atoms with E-state index in [1.54, 1.807) is 0 Å². The molecular weight excluding hydrogens is 156 g/mol. The minimum Gasteiger partial charge on any atom is -0.514 e. The second-order valence-electron chi connectivity index (χ2n) is 1.20. The Balaban J connectivity index is 3.44. The Morgan fingerprint density at radius 1 is 1.50 bits per heavy atom. The maximum atomic E-state index is 10.2. The molecule has 0 aromatic rings. The van der Waals surface area contributed by atoms with Crippen LogP contribution in [-0.2, 0) is 23.5 Å². The lowest BCUT2D eigenvalue weighted by atomic mass is 10.7. The van der Waals surface area contributed by atoms with Crippen molar-refractivity contribution < 1.29 is 23.5 Å². The van der Waals surface area contributed by atoms with E-state index in [1.165, 1.54) is 0 Å². The first kappa shape index (κ1) is 8.83. The zero-order valence-electron chi connectivity index (χ0n) is 4.83. The summed E-state index contributed by atoms with van der Waals surface area (Å²) < 4.78 is 7.95. The molecule has 0 heterocycles. The number of ether oxygens (including phenoxy) is 1. The largest absolute Gasteiger partial charge is 0.514 e. The summed E-state index contributed by atoms with van der Waals surface area (Å²) in [4.78, 5) is 29.8. The van der Waals surface area contributed by atoms with Crippen LogP contribution in [0.1, 0.15) is 0 Å². The van der Waals surface area contributed by atoms with Crippen molar-refractivity contribution in [3.05, 3.63) is 0 Å². The van der Waals surface area contributed by atoms with Crippen LogP contribution in [0.2, 0.25) is 0 Å². The zero-order chi connectivity index (χ0) is 7.98. The van der Waals surface area contributed by atoms with E-state index in [-0.39, 0.29) is 6.29 Å². The average molecular weight is 159 g/mol. The Hall–Kier alpha value is -1.17. The molecule has 0 unspecified atom stereocenters. The molecule has 0 spiro atoms. The number of rotatable bonds is 3. The highest BCUT2D eigenvalue weighted by Crippen LogP contribution is 1.76. The molecule has 0 saturated carbocycles. The Morgan fingerprint density at radius 3 is 2.50 bits per heavy atom. The standard InChI is InChI=1S/C4H3O5Si/c5-1-3(6)8-2-4(7)9-10/h1H,2H2. The van der Waals surface area contributed by atoms with Crippen LogP contribution in [-0.4, -0.2) is 35.3 Å². The molecule has 0 amide bonds. The smallest absolute Gasteiger partial charge is 0.371 e. The lowest BCUT2D eigenvalue weighted by Crippen LogP contribution is -2.15. The SMILES string of the molecule is O=CC(=O)OCC(=O)O[Si]. The van der Waals surface area contributed by atoms with Gasteiger partial charge in [0.2, 0.25) is 6.29 Å². The van der Waals surface area contributed by atoms with E-state index in [0.29, 0.717) is 0 Å². The number of carbonyl (C=O) groups is 3. The molecule has 0 N–H and O–H groups in total. The molecule has 0 aromatic carbocycles. The summed E-state index contributed by atoms with van der Waals surface area (Å²) in [5.41, 5.74) is 0. The van der Waals surface area contributed by atoms with Crippen molar-refractivity contribution >= 4 is 28.7 Å². The molecular formula is C4H3O5Si. The number of hydrogen-bond donors (Lipinski definition) is 0. The maximum Gasteiger partial charge on any atom is 0.371 e. The topological polar surface area (TPSA) is 69.7 Å². The highest BCUT2D eigenvalue weighted by atomic mass is 28.2. The highest BCUT2D eigenvalue weighted by molar-refractivity contribution is 6.20. The van der Waals surface area contributed by atoms with Crippen molar-refractivity contribution in [1.82, 2.24) is 0 Å². The van der Waals surface area contributed by atoms with Gasteiger partial charge in [0.1, 0.15) is 0 Å². The van der Waals surface area contributed by atoms with Crippen LogP contribution < -0.4 is 0 Å². The van der Waals surface area contributed by atoms with Crippen LogP contribution >= 0.6 is 0 Å². The second kappa shape index (κ2) is 4.68. The molecule has 0 aliphatic rings. The van der Waals surface area contributed by atoms with Crippen molar-refractivity contribution in [2.45, 2.75) is 0 Å². The predicted molar refractivity (Wildman–Crippen MR) is 28.9 cm³/mol. The number of hydrogen-bond acceptors (Lipinski definition) is 5. The van der Waals surface area contributed by atoms with Crippen LogP contribution in [0.4, 0.5) is 0 Å². The molecule has 0 atom stereocenters. The van der Waals surface area contributed by atoms with E-state index in [9.17, 15) is 14.4 Å². The lowest BCUT2D eigenvalue weighted by molar-refractivity contribution is -0.155. The van der Waals surface area contributed by atoms with Gasteiger partial charge in [-0.2, -0.15) is 0 Å². The van der Waals surface area contributed by atoms with Gasteiger partial charge in [0.25, 0.3) is 0 Å². The molecule has 5 nitrogen and oxygen atoms in total. The Kier molecular flexibility index (Phi) is 4.13. The van der Waals surface area contributed by atoms with Crippen molar-refractivity contribution in [3.8, 4) is 0 Å². The van der Waals surface area contributed by atoms with Gasteiger partial charge in [-0.1, -0.05) is 0 Å². The molecule has 6 heteroatoms. The Bertz CT molecular complexity index is 154. The van der Waals surface area contributed by atoms with Gasteiger partial charge >= 0.3 is 22.4 Å². The quantitative estimate of drug-likeness (QED) is 0.214. The molecule has 0 aliphatic heterocycles. The van der Waals surface area contributed by atoms with Gasteiger partial charge in [-0.25, -0.2) is 9.59 Å². The third-order valence-corrected chi connectivity index (χ3v) is 0.770. The monoisotopic (exact) mass is 159 g/mol. The first-order valence-corrected chi connectivity index (χ1v) is 2.60. The molecule has 3 radical (unpaired) electrons.